The predicted octanol–water partition coefficient (Wildman–Crippen LogP) is 4.47. The van der Waals surface area contributed by atoms with E-state index in [1.54, 1.807) is 7.11 Å². The number of hydrogen-bond acceptors (Lipinski definition) is 3. The fourth-order valence-electron chi connectivity index (χ4n) is 2.00. The molecule has 0 atom stereocenters. The first-order valence-electron chi connectivity index (χ1n) is 6.53. The van der Waals surface area contributed by atoms with E-state index in [4.69, 9.17) is 9.47 Å². The summed E-state index contributed by atoms with van der Waals surface area (Å²) in [5, 5.41) is 3.39. The third-order valence-electron chi connectivity index (χ3n) is 2.91. The third kappa shape index (κ3) is 3.45. The van der Waals surface area contributed by atoms with Gasteiger partial charge in [0.15, 0.2) is 11.5 Å². The minimum Gasteiger partial charge on any atom is -0.493 e. The molecule has 0 heterocycles. The molecule has 0 amide bonds. The monoisotopic (exact) mass is 335 g/mol. The Hall–Kier alpha value is -1.68. The van der Waals surface area contributed by atoms with Crippen LogP contribution in [0.1, 0.15) is 12.5 Å². The lowest BCUT2D eigenvalue weighted by Gasteiger charge is -2.15. The summed E-state index contributed by atoms with van der Waals surface area (Å²) in [7, 11) is 1.67. The SMILES string of the molecule is CCOc1cccc(CNc2ccccc2Br)c1OC. The highest BCUT2D eigenvalue weighted by atomic mass is 79.9. The van der Waals surface area contributed by atoms with Crippen LogP contribution >= 0.6 is 15.9 Å². The van der Waals surface area contributed by atoms with Crippen molar-refractivity contribution in [3.8, 4) is 11.5 Å². The van der Waals surface area contributed by atoms with Gasteiger partial charge in [0.05, 0.1) is 13.7 Å². The zero-order valence-corrected chi connectivity index (χ0v) is 13.2. The Morgan fingerprint density at radius 2 is 1.90 bits per heavy atom. The maximum absolute atomic E-state index is 5.58. The number of halogens is 1. The molecule has 0 saturated carbocycles. The molecule has 0 aliphatic heterocycles. The van der Waals surface area contributed by atoms with Crippen LogP contribution in [0.3, 0.4) is 0 Å². The van der Waals surface area contributed by atoms with Crippen molar-refractivity contribution in [3.63, 3.8) is 0 Å². The van der Waals surface area contributed by atoms with Crippen molar-refractivity contribution < 1.29 is 9.47 Å². The van der Waals surface area contributed by atoms with Gasteiger partial charge in [0.1, 0.15) is 0 Å². The number of benzene rings is 2. The van der Waals surface area contributed by atoms with E-state index in [2.05, 4.69) is 21.2 Å². The van der Waals surface area contributed by atoms with Crippen LogP contribution in [0.15, 0.2) is 46.9 Å². The molecule has 0 bridgehead atoms. The first kappa shape index (κ1) is 14.7. The lowest BCUT2D eigenvalue weighted by Crippen LogP contribution is -2.04. The molecule has 2 aromatic carbocycles. The highest BCUT2D eigenvalue weighted by Crippen LogP contribution is 2.32. The zero-order chi connectivity index (χ0) is 14.4. The predicted molar refractivity (Wildman–Crippen MR) is 85.6 cm³/mol. The molecule has 1 N–H and O–H groups in total. The van der Waals surface area contributed by atoms with E-state index >= 15 is 0 Å². The molecule has 2 rings (SSSR count). The fourth-order valence-corrected chi connectivity index (χ4v) is 2.42. The third-order valence-corrected chi connectivity index (χ3v) is 3.60. The van der Waals surface area contributed by atoms with Gasteiger partial charge in [-0.2, -0.15) is 0 Å². The molecular formula is C16H18BrNO2. The Morgan fingerprint density at radius 3 is 2.60 bits per heavy atom. The molecule has 0 spiro atoms. The van der Waals surface area contributed by atoms with Crippen molar-refractivity contribution in [3.05, 3.63) is 52.5 Å². The summed E-state index contributed by atoms with van der Waals surface area (Å²) in [6, 6.07) is 14.0. The average Bonchev–Trinajstić information content (AvgIpc) is 2.47. The first-order chi connectivity index (χ1) is 9.76. The van der Waals surface area contributed by atoms with Crippen molar-refractivity contribution in [1.82, 2.24) is 0 Å². The highest BCUT2D eigenvalue weighted by Gasteiger charge is 2.10. The highest BCUT2D eigenvalue weighted by molar-refractivity contribution is 9.10. The number of rotatable bonds is 6. The fraction of sp³-hybridized carbons (Fsp3) is 0.250. The summed E-state index contributed by atoms with van der Waals surface area (Å²) in [4.78, 5) is 0. The second-order valence-electron chi connectivity index (χ2n) is 4.21. The molecule has 0 unspecified atom stereocenters. The van der Waals surface area contributed by atoms with E-state index in [1.807, 2.05) is 49.4 Å². The van der Waals surface area contributed by atoms with E-state index in [0.717, 1.165) is 27.2 Å². The Kier molecular flexibility index (Phi) is 5.30. The molecule has 0 saturated heterocycles. The number of nitrogens with one attached hydrogen (secondary N) is 1. The summed E-state index contributed by atoms with van der Waals surface area (Å²) in [6.45, 7) is 3.26. The second-order valence-corrected chi connectivity index (χ2v) is 5.07. The van der Waals surface area contributed by atoms with Crippen molar-refractivity contribution in [2.45, 2.75) is 13.5 Å². The summed E-state index contributed by atoms with van der Waals surface area (Å²) in [6.07, 6.45) is 0. The standard InChI is InChI=1S/C16H18BrNO2/c1-3-20-15-10-6-7-12(16(15)19-2)11-18-14-9-5-4-8-13(14)17/h4-10,18H,3,11H2,1-2H3. The summed E-state index contributed by atoms with van der Waals surface area (Å²) in [5.41, 5.74) is 2.12. The first-order valence-corrected chi connectivity index (χ1v) is 7.32. The van der Waals surface area contributed by atoms with Crippen LogP contribution in [0.4, 0.5) is 5.69 Å². The molecule has 4 heteroatoms. The van der Waals surface area contributed by atoms with E-state index in [9.17, 15) is 0 Å². The number of para-hydroxylation sites is 2. The Bertz CT molecular complexity index is 572. The number of anilines is 1. The van der Waals surface area contributed by atoms with Gasteiger partial charge in [-0.3, -0.25) is 0 Å². The largest absolute Gasteiger partial charge is 0.493 e. The molecule has 0 aliphatic rings. The normalized spacial score (nSPS) is 10.2. The van der Waals surface area contributed by atoms with Crippen LogP contribution in [0, 0.1) is 0 Å². The van der Waals surface area contributed by atoms with Gasteiger partial charge < -0.3 is 14.8 Å². The summed E-state index contributed by atoms with van der Waals surface area (Å²) >= 11 is 3.53. The van der Waals surface area contributed by atoms with Gasteiger partial charge in [-0.1, -0.05) is 24.3 Å². The molecule has 106 valence electrons. The zero-order valence-electron chi connectivity index (χ0n) is 11.7. The lowest BCUT2D eigenvalue weighted by atomic mass is 10.1. The smallest absolute Gasteiger partial charge is 0.165 e. The molecule has 0 aliphatic carbocycles. The van der Waals surface area contributed by atoms with Crippen LogP contribution in [0.25, 0.3) is 0 Å². The second kappa shape index (κ2) is 7.20. The van der Waals surface area contributed by atoms with Gasteiger partial charge in [-0.05, 0) is 41.1 Å². The summed E-state index contributed by atoms with van der Waals surface area (Å²) in [5.74, 6) is 1.57. The van der Waals surface area contributed by atoms with Gasteiger partial charge in [0, 0.05) is 22.3 Å². The van der Waals surface area contributed by atoms with Crippen LogP contribution in [0.5, 0.6) is 11.5 Å². The van der Waals surface area contributed by atoms with E-state index in [1.165, 1.54) is 0 Å². The van der Waals surface area contributed by atoms with Crippen molar-refractivity contribution >= 4 is 21.6 Å². The number of ether oxygens (including phenoxy) is 2. The van der Waals surface area contributed by atoms with Crippen LogP contribution in [0.2, 0.25) is 0 Å². The molecule has 3 nitrogen and oxygen atoms in total. The Morgan fingerprint density at radius 1 is 1.10 bits per heavy atom. The van der Waals surface area contributed by atoms with Crippen molar-refractivity contribution in [2.24, 2.45) is 0 Å². The quantitative estimate of drug-likeness (QED) is 0.844. The van der Waals surface area contributed by atoms with E-state index in [-0.39, 0.29) is 0 Å². The molecule has 2 aromatic rings. The number of methoxy groups -OCH3 is 1. The molecular weight excluding hydrogens is 318 g/mol. The van der Waals surface area contributed by atoms with Crippen molar-refractivity contribution in [1.29, 1.82) is 0 Å². The summed E-state index contributed by atoms with van der Waals surface area (Å²) < 4.78 is 12.1. The van der Waals surface area contributed by atoms with Crippen LogP contribution in [-0.4, -0.2) is 13.7 Å². The van der Waals surface area contributed by atoms with Crippen LogP contribution in [-0.2, 0) is 6.54 Å². The minimum atomic E-state index is 0.622. The maximum Gasteiger partial charge on any atom is 0.165 e. The van der Waals surface area contributed by atoms with Gasteiger partial charge in [-0.15, -0.1) is 0 Å². The molecule has 0 aromatic heterocycles. The molecule has 20 heavy (non-hydrogen) atoms. The van der Waals surface area contributed by atoms with E-state index in [0.29, 0.717) is 13.2 Å². The van der Waals surface area contributed by atoms with Crippen molar-refractivity contribution in [2.75, 3.05) is 19.0 Å². The maximum atomic E-state index is 5.58. The van der Waals surface area contributed by atoms with Crippen LogP contribution < -0.4 is 14.8 Å². The Labute approximate surface area is 128 Å². The van der Waals surface area contributed by atoms with Gasteiger partial charge >= 0.3 is 0 Å². The lowest BCUT2D eigenvalue weighted by molar-refractivity contribution is 0.309. The van der Waals surface area contributed by atoms with E-state index < -0.39 is 0 Å². The number of hydrogen-bond donors (Lipinski definition) is 1. The minimum absolute atomic E-state index is 0.622. The van der Waals surface area contributed by atoms with Gasteiger partial charge in [-0.25, -0.2) is 0 Å². The van der Waals surface area contributed by atoms with Gasteiger partial charge in [0.2, 0.25) is 0 Å². The Balaban J connectivity index is 2.17. The average molecular weight is 336 g/mol. The molecule has 0 radical (unpaired) electrons. The van der Waals surface area contributed by atoms with Gasteiger partial charge in [0.25, 0.3) is 0 Å². The molecule has 0 fully saturated rings. The topological polar surface area (TPSA) is 30.5 Å².